The summed E-state index contributed by atoms with van der Waals surface area (Å²) in [6.45, 7) is 11.8. The van der Waals surface area contributed by atoms with Crippen molar-refractivity contribution < 1.29 is 4.79 Å². The Balaban J connectivity index is 1.85. The van der Waals surface area contributed by atoms with E-state index in [1.165, 1.54) is 5.56 Å². The van der Waals surface area contributed by atoms with Gasteiger partial charge in [-0.05, 0) is 31.7 Å². The fourth-order valence-corrected chi connectivity index (χ4v) is 3.64. The molecular formula is C17H26N6O. The van der Waals surface area contributed by atoms with Crippen molar-refractivity contribution in [2.24, 2.45) is 12.5 Å². The van der Waals surface area contributed by atoms with E-state index in [9.17, 15) is 4.79 Å². The highest BCUT2D eigenvalue weighted by Gasteiger charge is 2.43. The van der Waals surface area contributed by atoms with Gasteiger partial charge in [-0.25, -0.2) is 4.68 Å². The van der Waals surface area contributed by atoms with E-state index in [1.54, 1.807) is 4.68 Å². The Morgan fingerprint density at radius 3 is 2.62 bits per heavy atom. The van der Waals surface area contributed by atoms with Crippen LogP contribution >= 0.6 is 0 Å². The van der Waals surface area contributed by atoms with Crippen LogP contribution in [0.3, 0.4) is 0 Å². The summed E-state index contributed by atoms with van der Waals surface area (Å²) in [5, 5.41) is 12.5. The van der Waals surface area contributed by atoms with Crippen LogP contribution in [-0.4, -0.2) is 48.7 Å². The lowest BCUT2D eigenvalue weighted by Gasteiger charge is -2.24. The fourth-order valence-electron chi connectivity index (χ4n) is 3.64. The summed E-state index contributed by atoms with van der Waals surface area (Å²) in [6, 6.07) is 0.192. The minimum absolute atomic E-state index is 0.000635. The summed E-state index contributed by atoms with van der Waals surface area (Å²) in [4.78, 5) is 14.9. The Bertz CT molecular complexity index is 757. The second kappa shape index (κ2) is 5.72. The molecule has 0 radical (unpaired) electrons. The van der Waals surface area contributed by atoms with Crippen LogP contribution in [0.15, 0.2) is 12.4 Å². The number of amides is 1. The van der Waals surface area contributed by atoms with Crippen LogP contribution in [0.2, 0.25) is 0 Å². The lowest BCUT2D eigenvalue weighted by atomic mass is 9.79. The van der Waals surface area contributed by atoms with Gasteiger partial charge >= 0.3 is 0 Å². The van der Waals surface area contributed by atoms with Crippen LogP contribution in [0.5, 0.6) is 0 Å². The van der Waals surface area contributed by atoms with Crippen molar-refractivity contribution in [3.8, 4) is 0 Å². The minimum atomic E-state index is -0.0288. The molecule has 130 valence electrons. The maximum Gasteiger partial charge on any atom is 0.276 e. The van der Waals surface area contributed by atoms with Crippen molar-refractivity contribution in [1.29, 1.82) is 0 Å². The van der Waals surface area contributed by atoms with Gasteiger partial charge in [0.1, 0.15) is 0 Å². The summed E-state index contributed by atoms with van der Waals surface area (Å²) in [6.07, 6.45) is 3.95. The average molecular weight is 330 g/mol. The van der Waals surface area contributed by atoms with E-state index in [-0.39, 0.29) is 23.3 Å². The predicted molar refractivity (Wildman–Crippen MR) is 90.8 cm³/mol. The fraction of sp³-hybridized carbons (Fsp3) is 0.647. The minimum Gasteiger partial charge on any atom is -0.336 e. The molecular weight excluding hydrogens is 304 g/mol. The number of carbonyl (C=O) groups excluding carboxylic acids is 1. The first-order chi connectivity index (χ1) is 11.2. The number of rotatable bonds is 3. The predicted octanol–water partition coefficient (Wildman–Crippen LogP) is 2.17. The molecule has 0 spiro atoms. The molecule has 1 saturated heterocycles. The van der Waals surface area contributed by atoms with Crippen molar-refractivity contribution in [1.82, 2.24) is 29.7 Å². The first-order valence-corrected chi connectivity index (χ1v) is 8.40. The summed E-state index contributed by atoms with van der Waals surface area (Å²) < 4.78 is 3.61. The smallest absolute Gasteiger partial charge is 0.276 e. The Kier molecular flexibility index (Phi) is 3.97. The van der Waals surface area contributed by atoms with Crippen LogP contribution in [0.4, 0.5) is 0 Å². The molecule has 1 fully saturated rings. The molecule has 0 aliphatic carbocycles. The van der Waals surface area contributed by atoms with Gasteiger partial charge < -0.3 is 4.90 Å². The van der Waals surface area contributed by atoms with E-state index in [0.29, 0.717) is 18.8 Å². The number of likely N-dealkylation sites (tertiary alicyclic amines) is 1. The number of hydrogen-bond acceptors (Lipinski definition) is 4. The van der Waals surface area contributed by atoms with Gasteiger partial charge in [-0.3, -0.25) is 9.48 Å². The van der Waals surface area contributed by atoms with Crippen LogP contribution in [0, 0.1) is 12.3 Å². The van der Waals surface area contributed by atoms with E-state index >= 15 is 0 Å². The highest BCUT2D eigenvalue weighted by Crippen LogP contribution is 2.42. The molecule has 0 saturated carbocycles. The lowest BCUT2D eigenvalue weighted by molar-refractivity contribution is 0.0771. The number of carbonyl (C=O) groups is 1. The molecule has 0 aromatic carbocycles. The van der Waals surface area contributed by atoms with Gasteiger partial charge in [0, 0.05) is 38.3 Å². The topological polar surface area (TPSA) is 68.8 Å². The molecule has 3 heterocycles. The van der Waals surface area contributed by atoms with Gasteiger partial charge in [-0.15, -0.1) is 5.10 Å². The molecule has 2 aromatic heterocycles. The zero-order valence-corrected chi connectivity index (χ0v) is 15.3. The van der Waals surface area contributed by atoms with Gasteiger partial charge in [0.15, 0.2) is 5.69 Å². The molecule has 7 nitrogen and oxygen atoms in total. The highest BCUT2D eigenvalue weighted by atomic mass is 16.2. The molecule has 0 bridgehead atoms. The van der Waals surface area contributed by atoms with E-state index in [0.717, 1.165) is 5.69 Å². The van der Waals surface area contributed by atoms with Crippen LogP contribution < -0.4 is 0 Å². The molecule has 1 aliphatic heterocycles. The van der Waals surface area contributed by atoms with Gasteiger partial charge in [-0.2, -0.15) is 5.10 Å². The third kappa shape index (κ3) is 2.72. The normalized spacial score (nSPS) is 20.1. The molecule has 0 N–H and O–H groups in total. The molecule has 3 rings (SSSR count). The largest absolute Gasteiger partial charge is 0.336 e. The molecule has 2 aromatic rings. The molecule has 1 aliphatic rings. The standard InChI is InChI=1S/C17H26N6O/c1-11(2)23-12(3)15(19-20-23)16(24)22-9-14(17(4,5)10-22)13-7-18-21(6)8-13/h7-8,11,14H,9-10H2,1-6H3. The monoisotopic (exact) mass is 330 g/mol. The highest BCUT2D eigenvalue weighted by molar-refractivity contribution is 5.93. The third-order valence-electron chi connectivity index (χ3n) is 4.98. The maximum atomic E-state index is 13.0. The second-order valence-corrected chi connectivity index (χ2v) is 7.74. The van der Waals surface area contributed by atoms with Crippen LogP contribution in [0.1, 0.15) is 61.4 Å². The quantitative estimate of drug-likeness (QED) is 0.865. The van der Waals surface area contributed by atoms with Crippen molar-refractivity contribution >= 4 is 5.91 Å². The second-order valence-electron chi connectivity index (χ2n) is 7.74. The summed E-state index contributed by atoms with van der Waals surface area (Å²) >= 11 is 0. The summed E-state index contributed by atoms with van der Waals surface area (Å²) in [7, 11) is 1.92. The van der Waals surface area contributed by atoms with Gasteiger partial charge in [0.05, 0.1) is 11.9 Å². The zero-order chi connectivity index (χ0) is 17.6. The van der Waals surface area contributed by atoms with Crippen molar-refractivity contribution in [3.05, 3.63) is 29.3 Å². The molecule has 1 atom stereocenters. The van der Waals surface area contributed by atoms with E-state index in [2.05, 4.69) is 29.3 Å². The van der Waals surface area contributed by atoms with Crippen molar-refractivity contribution in [2.75, 3.05) is 13.1 Å². The Morgan fingerprint density at radius 1 is 1.38 bits per heavy atom. The van der Waals surface area contributed by atoms with Crippen molar-refractivity contribution in [2.45, 2.75) is 46.6 Å². The van der Waals surface area contributed by atoms with E-state index in [4.69, 9.17) is 0 Å². The number of hydrogen-bond donors (Lipinski definition) is 0. The van der Waals surface area contributed by atoms with Gasteiger partial charge in [0.2, 0.25) is 0 Å². The third-order valence-corrected chi connectivity index (χ3v) is 4.98. The average Bonchev–Trinajstić information content (AvgIpc) is 3.15. The SMILES string of the molecule is Cc1c(C(=O)N2CC(c3cnn(C)c3)C(C)(C)C2)nnn1C(C)C. The van der Waals surface area contributed by atoms with Crippen molar-refractivity contribution in [3.63, 3.8) is 0 Å². The molecule has 1 amide bonds. The Morgan fingerprint density at radius 2 is 2.08 bits per heavy atom. The van der Waals surface area contributed by atoms with Crippen LogP contribution in [-0.2, 0) is 7.05 Å². The maximum absolute atomic E-state index is 13.0. The molecule has 7 heteroatoms. The molecule has 1 unspecified atom stereocenters. The van der Waals surface area contributed by atoms with Gasteiger partial charge in [-0.1, -0.05) is 19.1 Å². The number of aryl methyl sites for hydroxylation is 1. The summed E-state index contributed by atoms with van der Waals surface area (Å²) in [5.74, 6) is 0.245. The summed E-state index contributed by atoms with van der Waals surface area (Å²) in [5.41, 5.74) is 2.48. The number of nitrogens with zero attached hydrogens (tertiary/aromatic N) is 6. The first kappa shape index (κ1) is 16.7. The van der Waals surface area contributed by atoms with E-state index < -0.39 is 0 Å². The lowest BCUT2D eigenvalue weighted by Crippen LogP contribution is -2.31. The van der Waals surface area contributed by atoms with Crippen LogP contribution in [0.25, 0.3) is 0 Å². The first-order valence-electron chi connectivity index (χ1n) is 8.40. The molecule has 24 heavy (non-hydrogen) atoms. The Hall–Kier alpha value is -2.18. The zero-order valence-electron chi connectivity index (χ0n) is 15.3. The van der Waals surface area contributed by atoms with Gasteiger partial charge in [0.25, 0.3) is 5.91 Å². The Labute approximate surface area is 142 Å². The number of aromatic nitrogens is 5. The van der Waals surface area contributed by atoms with E-state index in [1.807, 2.05) is 49.8 Å².